The molecule has 8 heteroatoms. The van der Waals surface area contributed by atoms with Gasteiger partial charge in [0.25, 0.3) is 5.56 Å². The van der Waals surface area contributed by atoms with Gasteiger partial charge in [-0.05, 0) is 25.1 Å². The number of pyridine rings is 1. The molecule has 0 spiro atoms. The number of carboxylic acids is 1. The maximum Gasteiger partial charge on any atom is 0.303 e. The fourth-order valence-corrected chi connectivity index (χ4v) is 3.97. The zero-order valence-corrected chi connectivity index (χ0v) is 16.7. The summed E-state index contributed by atoms with van der Waals surface area (Å²) >= 11 is 0. The van der Waals surface area contributed by atoms with E-state index in [1.165, 1.54) is 6.07 Å². The van der Waals surface area contributed by atoms with Crippen LogP contribution in [-0.4, -0.2) is 33.9 Å². The van der Waals surface area contributed by atoms with Crippen molar-refractivity contribution in [1.29, 1.82) is 0 Å². The number of ketones is 1. The fourth-order valence-electron chi connectivity index (χ4n) is 3.97. The van der Waals surface area contributed by atoms with Gasteiger partial charge >= 0.3 is 5.97 Å². The van der Waals surface area contributed by atoms with Crippen molar-refractivity contribution in [2.45, 2.75) is 25.8 Å². The standard InChI is InChI=1S/C23H21N3O5/c24-10-3-11-26-21-15-4-1-2-5-16(15)22(30)20(21)14-7-6-13(12-17(14)23(26)31)25-18(27)8-9-19(28)29/h1-2,4-7,12H,3,8-11,24H2,(H,25,27)(H,28,29). The Kier molecular flexibility index (Phi) is 5.39. The number of fused-ring (bicyclic) bond motifs is 5. The number of amides is 1. The van der Waals surface area contributed by atoms with Crippen LogP contribution >= 0.6 is 0 Å². The third-order valence-corrected chi connectivity index (χ3v) is 5.36. The molecule has 0 aliphatic heterocycles. The Morgan fingerprint density at radius 2 is 1.74 bits per heavy atom. The van der Waals surface area contributed by atoms with E-state index in [2.05, 4.69) is 5.32 Å². The first-order valence-electron chi connectivity index (χ1n) is 9.98. The molecule has 0 atom stereocenters. The molecule has 0 saturated carbocycles. The van der Waals surface area contributed by atoms with Gasteiger partial charge < -0.3 is 20.7 Å². The SMILES string of the molecule is NCCCn1c2c(c3ccc(NC(=O)CCC(=O)O)cc3c1=O)C(=O)c1ccccc1-2. The normalized spacial score (nSPS) is 12.0. The minimum atomic E-state index is -1.06. The highest BCUT2D eigenvalue weighted by Gasteiger charge is 2.32. The average molecular weight is 419 g/mol. The molecule has 1 amide bonds. The summed E-state index contributed by atoms with van der Waals surface area (Å²) < 4.78 is 1.59. The van der Waals surface area contributed by atoms with Crippen molar-refractivity contribution in [3.05, 3.63) is 63.9 Å². The van der Waals surface area contributed by atoms with Gasteiger partial charge in [0.2, 0.25) is 5.91 Å². The number of carboxylic acid groups (broad SMARTS) is 1. The van der Waals surface area contributed by atoms with E-state index in [0.29, 0.717) is 52.8 Å². The average Bonchev–Trinajstić information content (AvgIpc) is 3.05. The molecule has 1 heterocycles. The van der Waals surface area contributed by atoms with E-state index in [0.717, 1.165) is 5.56 Å². The molecule has 31 heavy (non-hydrogen) atoms. The lowest BCUT2D eigenvalue weighted by molar-refractivity contribution is -0.138. The Labute approximate surface area is 177 Å². The quantitative estimate of drug-likeness (QED) is 0.421. The van der Waals surface area contributed by atoms with Crippen LogP contribution in [0.15, 0.2) is 47.3 Å². The number of nitrogens with one attached hydrogen (secondary N) is 1. The minimum absolute atomic E-state index is 0.143. The summed E-state index contributed by atoms with van der Waals surface area (Å²) in [6, 6.07) is 12.0. The largest absolute Gasteiger partial charge is 0.481 e. The van der Waals surface area contributed by atoms with Crippen LogP contribution in [-0.2, 0) is 16.1 Å². The van der Waals surface area contributed by atoms with E-state index in [1.54, 1.807) is 28.8 Å². The van der Waals surface area contributed by atoms with Crippen molar-refractivity contribution in [3.63, 3.8) is 0 Å². The summed E-state index contributed by atoms with van der Waals surface area (Å²) in [7, 11) is 0. The highest BCUT2D eigenvalue weighted by molar-refractivity contribution is 6.26. The first-order chi connectivity index (χ1) is 14.9. The number of nitrogens with zero attached hydrogens (tertiary/aromatic N) is 1. The number of rotatable bonds is 7. The molecule has 0 fully saturated rings. The van der Waals surface area contributed by atoms with Crippen LogP contribution in [0.1, 0.15) is 35.2 Å². The fraction of sp³-hybridized carbons (Fsp3) is 0.217. The van der Waals surface area contributed by atoms with Crippen LogP contribution in [0.5, 0.6) is 0 Å². The highest BCUT2D eigenvalue weighted by atomic mass is 16.4. The molecule has 0 bridgehead atoms. The Morgan fingerprint density at radius 3 is 2.45 bits per heavy atom. The van der Waals surface area contributed by atoms with Gasteiger partial charge in [0.05, 0.1) is 23.1 Å². The number of carbonyl (C=O) groups excluding carboxylic acids is 2. The van der Waals surface area contributed by atoms with Crippen molar-refractivity contribution in [1.82, 2.24) is 4.57 Å². The molecule has 0 radical (unpaired) electrons. The lowest BCUT2D eigenvalue weighted by Crippen LogP contribution is -2.24. The molecule has 8 nitrogen and oxygen atoms in total. The molecule has 158 valence electrons. The van der Waals surface area contributed by atoms with Gasteiger partial charge in [-0.25, -0.2) is 0 Å². The molecule has 0 unspecified atom stereocenters. The molecule has 4 rings (SSSR count). The first kappa shape index (κ1) is 20.5. The Morgan fingerprint density at radius 1 is 1.00 bits per heavy atom. The van der Waals surface area contributed by atoms with Gasteiger partial charge in [-0.15, -0.1) is 0 Å². The van der Waals surface area contributed by atoms with E-state index in [-0.39, 0.29) is 24.2 Å². The van der Waals surface area contributed by atoms with E-state index in [9.17, 15) is 19.2 Å². The molecular formula is C23H21N3O5. The highest BCUT2D eigenvalue weighted by Crippen LogP contribution is 2.39. The lowest BCUT2D eigenvalue weighted by atomic mass is 10.0. The lowest BCUT2D eigenvalue weighted by Gasteiger charge is -2.15. The van der Waals surface area contributed by atoms with Crippen LogP contribution in [0.25, 0.3) is 22.0 Å². The Bertz CT molecular complexity index is 1290. The van der Waals surface area contributed by atoms with Crippen molar-refractivity contribution >= 4 is 34.1 Å². The first-order valence-corrected chi connectivity index (χ1v) is 9.98. The molecule has 1 aliphatic rings. The third-order valence-electron chi connectivity index (χ3n) is 5.36. The maximum atomic E-state index is 13.4. The van der Waals surface area contributed by atoms with E-state index in [1.807, 2.05) is 12.1 Å². The molecule has 1 aliphatic carbocycles. The van der Waals surface area contributed by atoms with E-state index >= 15 is 0 Å². The topological polar surface area (TPSA) is 131 Å². The molecule has 2 aromatic carbocycles. The predicted molar refractivity (Wildman–Crippen MR) is 116 cm³/mol. The number of carbonyl (C=O) groups is 3. The van der Waals surface area contributed by atoms with Crippen molar-refractivity contribution in [3.8, 4) is 11.3 Å². The van der Waals surface area contributed by atoms with Crippen molar-refractivity contribution < 1.29 is 19.5 Å². The number of hydrogen-bond acceptors (Lipinski definition) is 5. The van der Waals surface area contributed by atoms with Crippen molar-refractivity contribution in [2.24, 2.45) is 5.73 Å². The Hall–Kier alpha value is -3.78. The van der Waals surface area contributed by atoms with Crippen LogP contribution < -0.4 is 16.6 Å². The van der Waals surface area contributed by atoms with Gasteiger partial charge in [0.15, 0.2) is 5.78 Å². The van der Waals surface area contributed by atoms with Crippen LogP contribution in [0.2, 0.25) is 0 Å². The molecule has 0 saturated heterocycles. The Balaban J connectivity index is 1.86. The number of aromatic nitrogens is 1. The monoisotopic (exact) mass is 419 g/mol. The predicted octanol–water partition coefficient (Wildman–Crippen LogP) is 2.37. The van der Waals surface area contributed by atoms with Crippen LogP contribution in [0, 0.1) is 0 Å². The summed E-state index contributed by atoms with van der Waals surface area (Å²) in [5.74, 6) is -1.67. The van der Waals surface area contributed by atoms with Crippen LogP contribution in [0.4, 0.5) is 5.69 Å². The number of anilines is 1. The summed E-state index contributed by atoms with van der Waals surface area (Å²) in [6.07, 6.45) is 0.109. The van der Waals surface area contributed by atoms with Crippen LogP contribution in [0.3, 0.4) is 0 Å². The second-order valence-corrected chi connectivity index (χ2v) is 7.40. The second-order valence-electron chi connectivity index (χ2n) is 7.40. The summed E-state index contributed by atoms with van der Waals surface area (Å²) in [5.41, 5.74) is 8.11. The molecule has 1 aromatic heterocycles. The minimum Gasteiger partial charge on any atom is -0.481 e. The zero-order valence-electron chi connectivity index (χ0n) is 16.7. The van der Waals surface area contributed by atoms with E-state index < -0.39 is 11.9 Å². The van der Waals surface area contributed by atoms with Gasteiger partial charge in [-0.2, -0.15) is 0 Å². The summed E-state index contributed by atoms with van der Waals surface area (Å²) in [6.45, 7) is 0.763. The van der Waals surface area contributed by atoms with Crippen molar-refractivity contribution in [2.75, 3.05) is 11.9 Å². The van der Waals surface area contributed by atoms with Gasteiger partial charge in [0.1, 0.15) is 0 Å². The zero-order chi connectivity index (χ0) is 22.1. The molecule has 3 aromatic rings. The molecular weight excluding hydrogens is 398 g/mol. The van der Waals surface area contributed by atoms with Gasteiger partial charge in [-0.1, -0.05) is 30.3 Å². The summed E-state index contributed by atoms with van der Waals surface area (Å²) in [5, 5.41) is 12.2. The third kappa shape index (κ3) is 3.62. The van der Waals surface area contributed by atoms with E-state index in [4.69, 9.17) is 10.8 Å². The summed E-state index contributed by atoms with van der Waals surface area (Å²) in [4.78, 5) is 49.2. The number of hydrogen-bond donors (Lipinski definition) is 3. The number of nitrogens with two attached hydrogens (primary N) is 1. The second kappa shape index (κ2) is 8.16. The number of aliphatic carboxylic acids is 1. The number of benzene rings is 2. The maximum absolute atomic E-state index is 13.4. The van der Waals surface area contributed by atoms with Gasteiger partial charge in [-0.3, -0.25) is 19.2 Å². The van der Waals surface area contributed by atoms with Gasteiger partial charge in [0, 0.05) is 35.2 Å². The molecule has 4 N–H and O–H groups in total. The smallest absolute Gasteiger partial charge is 0.303 e.